The highest BCUT2D eigenvalue weighted by molar-refractivity contribution is 9.10. The number of benzene rings is 1. The van der Waals surface area contributed by atoms with Crippen LogP contribution >= 0.6 is 15.9 Å². The second-order valence-corrected chi connectivity index (χ2v) is 3.58. The zero-order chi connectivity index (χ0) is 10.3. The number of rotatable bonds is 1. The van der Waals surface area contributed by atoms with Crippen LogP contribution in [0.25, 0.3) is 0 Å². The summed E-state index contributed by atoms with van der Waals surface area (Å²) in [5, 5.41) is 5.10. The maximum atomic E-state index is 11.2. The summed E-state index contributed by atoms with van der Waals surface area (Å²) < 4.78 is 0.446. The van der Waals surface area contributed by atoms with Gasteiger partial charge in [-0.2, -0.15) is 0 Å². The third-order valence-electron chi connectivity index (χ3n) is 1.88. The number of hydrogen-bond donors (Lipinski definition) is 1. The first-order valence-electron chi connectivity index (χ1n) is 3.66. The van der Waals surface area contributed by atoms with E-state index in [1.807, 2.05) is 0 Å². The van der Waals surface area contributed by atoms with E-state index in [4.69, 9.17) is 0 Å². The molecule has 0 fully saturated rings. The molecule has 2 rings (SSSR count). The molecule has 70 valence electrons. The van der Waals surface area contributed by atoms with Crippen LogP contribution in [-0.2, 0) is 4.79 Å². The Morgan fingerprint density at radius 1 is 1.29 bits per heavy atom. The van der Waals surface area contributed by atoms with Gasteiger partial charge < -0.3 is 5.32 Å². The van der Waals surface area contributed by atoms with E-state index in [0.29, 0.717) is 10.2 Å². The van der Waals surface area contributed by atoms with Crippen molar-refractivity contribution < 1.29 is 9.59 Å². The lowest BCUT2D eigenvalue weighted by molar-refractivity contribution is -0.112. The van der Waals surface area contributed by atoms with Crippen molar-refractivity contribution in [2.75, 3.05) is 5.32 Å². The van der Waals surface area contributed by atoms with E-state index >= 15 is 0 Å². The summed E-state index contributed by atoms with van der Waals surface area (Å²) in [4.78, 5) is 32.5. The zero-order valence-electron chi connectivity index (χ0n) is 6.70. The molecule has 1 heterocycles. The van der Waals surface area contributed by atoms with Gasteiger partial charge in [-0.15, -0.1) is 4.91 Å². The zero-order valence-corrected chi connectivity index (χ0v) is 8.29. The average molecular weight is 255 g/mol. The fourth-order valence-electron chi connectivity index (χ4n) is 1.22. The van der Waals surface area contributed by atoms with Gasteiger partial charge in [0, 0.05) is 4.47 Å². The van der Waals surface area contributed by atoms with Gasteiger partial charge in [0.1, 0.15) is 5.69 Å². The lowest BCUT2D eigenvalue weighted by Gasteiger charge is -1.99. The summed E-state index contributed by atoms with van der Waals surface area (Å²) in [5.74, 6) is -1.33. The molecule has 6 heteroatoms. The van der Waals surface area contributed by atoms with Gasteiger partial charge in [-0.05, 0) is 33.2 Å². The Bertz CT molecular complexity index is 470. The van der Waals surface area contributed by atoms with Gasteiger partial charge in [-0.3, -0.25) is 9.59 Å². The molecule has 14 heavy (non-hydrogen) atoms. The Labute approximate surface area is 86.6 Å². The molecule has 1 aliphatic heterocycles. The van der Waals surface area contributed by atoms with Gasteiger partial charge in [0.05, 0.1) is 11.3 Å². The Morgan fingerprint density at radius 2 is 2.00 bits per heavy atom. The summed E-state index contributed by atoms with van der Waals surface area (Å²) in [7, 11) is 0. The molecule has 0 radical (unpaired) electrons. The minimum absolute atomic E-state index is 0.105. The van der Waals surface area contributed by atoms with Crippen LogP contribution in [0.3, 0.4) is 0 Å². The second kappa shape index (κ2) is 2.98. The van der Waals surface area contributed by atoms with Gasteiger partial charge in [0.2, 0.25) is 0 Å². The first kappa shape index (κ1) is 9.01. The van der Waals surface area contributed by atoms with Crippen molar-refractivity contribution in [2.45, 2.75) is 0 Å². The van der Waals surface area contributed by atoms with E-state index in [9.17, 15) is 14.5 Å². The Balaban J connectivity index is 2.66. The van der Waals surface area contributed by atoms with Gasteiger partial charge in [0.15, 0.2) is 0 Å². The highest BCUT2D eigenvalue weighted by atomic mass is 79.9. The molecular formula is C8H3BrN2O3. The summed E-state index contributed by atoms with van der Waals surface area (Å²) >= 11 is 3.09. The molecule has 0 saturated heterocycles. The molecule has 1 aromatic rings. The van der Waals surface area contributed by atoms with Gasteiger partial charge in [-0.1, -0.05) is 0 Å². The fourth-order valence-corrected chi connectivity index (χ4v) is 1.64. The van der Waals surface area contributed by atoms with E-state index in [1.54, 1.807) is 0 Å². The SMILES string of the molecule is O=Nc1cc2c(cc1Br)NC(=O)C2=O. The minimum Gasteiger partial charge on any atom is -0.318 e. The van der Waals surface area contributed by atoms with Crippen molar-refractivity contribution in [2.24, 2.45) is 5.18 Å². The summed E-state index contributed by atoms with van der Waals surface area (Å²) in [6.45, 7) is 0. The van der Waals surface area contributed by atoms with E-state index < -0.39 is 11.7 Å². The van der Waals surface area contributed by atoms with Crippen molar-refractivity contribution in [3.63, 3.8) is 0 Å². The van der Waals surface area contributed by atoms with Crippen LogP contribution in [0, 0.1) is 4.91 Å². The number of ketones is 1. The first-order valence-corrected chi connectivity index (χ1v) is 4.45. The fraction of sp³-hybridized carbons (Fsp3) is 0. The van der Waals surface area contributed by atoms with Crippen molar-refractivity contribution >= 4 is 39.0 Å². The molecule has 0 spiro atoms. The number of anilines is 1. The van der Waals surface area contributed by atoms with Crippen molar-refractivity contribution in [1.82, 2.24) is 0 Å². The van der Waals surface area contributed by atoms with Crippen LogP contribution in [0.5, 0.6) is 0 Å². The predicted octanol–water partition coefficient (Wildman–Crippen LogP) is 1.98. The molecule has 0 saturated carbocycles. The number of nitrogens with one attached hydrogen (secondary N) is 1. The second-order valence-electron chi connectivity index (χ2n) is 2.72. The lowest BCUT2D eigenvalue weighted by Crippen LogP contribution is -2.12. The topological polar surface area (TPSA) is 75.6 Å². The average Bonchev–Trinajstić information content (AvgIpc) is 2.41. The quantitative estimate of drug-likeness (QED) is 0.615. The molecule has 1 aromatic carbocycles. The molecule has 0 aliphatic carbocycles. The van der Waals surface area contributed by atoms with Crippen LogP contribution in [0.2, 0.25) is 0 Å². The lowest BCUT2D eigenvalue weighted by atomic mass is 10.1. The normalized spacial score (nSPS) is 13.8. The maximum absolute atomic E-state index is 11.2. The highest BCUT2D eigenvalue weighted by Crippen LogP contribution is 2.34. The maximum Gasteiger partial charge on any atom is 0.296 e. The molecule has 1 amide bonds. The van der Waals surface area contributed by atoms with Crippen LogP contribution in [0.4, 0.5) is 11.4 Å². The number of carbonyl (C=O) groups is 2. The van der Waals surface area contributed by atoms with Crippen LogP contribution in [-0.4, -0.2) is 11.7 Å². The van der Waals surface area contributed by atoms with E-state index in [2.05, 4.69) is 26.4 Å². The molecule has 0 atom stereocenters. The Morgan fingerprint density at radius 3 is 2.64 bits per heavy atom. The smallest absolute Gasteiger partial charge is 0.296 e. The Hall–Kier alpha value is -1.56. The Kier molecular flexibility index (Phi) is 1.92. The number of nitroso groups, excluding NO2 is 1. The number of hydrogen-bond acceptors (Lipinski definition) is 4. The number of halogens is 1. The molecule has 5 nitrogen and oxygen atoms in total. The molecule has 1 aliphatic rings. The monoisotopic (exact) mass is 254 g/mol. The third-order valence-corrected chi connectivity index (χ3v) is 2.52. The molecule has 1 N–H and O–H groups in total. The molecule has 0 unspecified atom stereocenters. The largest absolute Gasteiger partial charge is 0.318 e. The van der Waals surface area contributed by atoms with Crippen LogP contribution < -0.4 is 5.32 Å². The van der Waals surface area contributed by atoms with Crippen LogP contribution in [0.1, 0.15) is 10.4 Å². The summed E-state index contributed by atoms with van der Waals surface area (Å²) in [6.07, 6.45) is 0. The summed E-state index contributed by atoms with van der Waals surface area (Å²) in [5.41, 5.74) is 0.695. The predicted molar refractivity (Wildman–Crippen MR) is 52.6 cm³/mol. The van der Waals surface area contributed by atoms with Crippen molar-refractivity contribution in [3.8, 4) is 0 Å². The highest BCUT2D eigenvalue weighted by Gasteiger charge is 2.29. The molecule has 0 aromatic heterocycles. The number of Topliss-reactive ketones (excluding diaryl/α,β-unsaturated/α-hetero) is 1. The number of carbonyl (C=O) groups excluding carboxylic acids is 2. The number of amides is 1. The van der Waals surface area contributed by atoms with Gasteiger partial charge in [0.25, 0.3) is 11.7 Å². The number of fused-ring (bicyclic) bond motifs is 1. The molecular weight excluding hydrogens is 252 g/mol. The summed E-state index contributed by atoms with van der Waals surface area (Å²) in [6, 6.07) is 2.77. The number of nitrogens with zero attached hydrogens (tertiary/aromatic N) is 1. The van der Waals surface area contributed by atoms with Crippen LogP contribution in [0.15, 0.2) is 21.8 Å². The first-order chi connectivity index (χ1) is 6.63. The minimum atomic E-state index is -0.685. The molecule has 0 bridgehead atoms. The third kappa shape index (κ3) is 1.15. The van der Waals surface area contributed by atoms with Crippen molar-refractivity contribution in [1.29, 1.82) is 0 Å². The van der Waals surface area contributed by atoms with Crippen molar-refractivity contribution in [3.05, 3.63) is 27.1 Å². The standard InChI is InChI=1S/C8H3BrN2O3/c9-4-2-5-3(1-6(4)11-14)7(12)8(13)10-5/h1-2H,(H,10,12,13). The van der Waals surface area contributed by atoms with E-state index in [0.717, 1.165) is 0 Å². The van der Waals surface area contributed by atoms with Gasteiger partial charge >= 0.3 is 0 Å². The van der Waals surface area contributed by atoms with Gasteiger partial charge in [-0.25, -0.2) is 0 Å². The van der Waals surface area contributed by atoms with E-state index in [-0.39, 0.29) is 11.3 Å². The van der Waals surface area contributed by atoms with E-state index in [1.165, 1.54) is 12.1 Å².